The SMILES string of the molecule is Cl.O=C(C1Cc2cc(Cl)ccc2O1)N1CCC(N2CCNCC2)C1. The van der Waals surface area contributed by atoms with Crippen LogP contribution in [0.4, 0.5) is 0 Å². The molecule has 1 aromatic rings. The summed E-state index contributed by atoms with van der Waals surface area (Å²) in [5, 5.41) is 4.07. The number of halogens is 2. The van der Waals surface area contributed by atoms with Gasteiger partial charge in [-0.2, -0.15) is 0 Å². The van der Waals surface area contributed by atoms with Gasteiger partial charge in [-0.15, -0.1) is 12.4 Å². The second-order valence-corrected chi connectivity index (χ2v) is 7.01. The van der Waals surface area contributed by atoms with Crippen LogP contribution in [0.5, 0.6) is 5.75 Å². The molecule has 0 bridgehead atoms. The van der Waals surface area contributed by atoms with Crippen LogP contribution in [0.2, 0.25) is 5.02 Å². The van der Waals surface area contributed by atoms with E-state index < -0.39 is 0 Å². The number of hydrogen-bond acceptors (Lipinski definition) is 4. The fraction of sp³-hybridized carbons (Fsp3) is 0.588. The zero-order valence-corrected chi connectivity index (χ0v) is 15.1. The number of ether oxygens (including phenoxy) is 1. The normalized spacial score (nSPS) is 26.6. The molecule has 0 radical (unpaired) electrons. The van der Waals surface area contributed by atoms with Gasteiger partial charge in [0.05, 0.1) is 0 Å². The van der Waals surface area contributed by atoms with E-state index in [0.717, 1.165) is 57.0 Å². The Morgan fingerprint density at radius 1 is 1.25 bits per heavy atom. The van der Waals surface area contributed by atoms with E-state index >= 15 is 0 Å². The lowest BCUT2D eigenvalue weighted by atomic mass is 10.1. The number of rotatable bonds is 2. The summed E-state index contributed by atoms with van der Waals surface area (Å²) in [6.07, 6.45) is 1.31. The maximum atomic E-state index is 12.8. The fourth-order valence-electron chi connectivity index (χ4n) is 3.85. The lowest BCUT2D eigenvalue weighted by Crippen LogP contribution is -2.50. The Morgan fingerprint density at radius 2 is 2.04 bits per heavy atom. The van der Waals surface area contributed by atoms with Crippen molar-refractivity contribution in [1.29, 1.82) is 0 Å². The van der Waals surface area contributed by atoms with Crippen molar-refractivity contribution in [3.05, 3.63) is 28.8 Å². The predicted octanol–water partition coefficient (Wildman–Crippen LogP) is 1.57. The van der Waals surface area contributed by atoms with Gasteiger partial charge in [0.15, 0.2) is 6.10 Å². The van der Waals surface area contributed by atoms with E-state index in [0.29, 0.717) is 17.5 Å². The van der Waals surface area contributed by atoms with Crippen molar-refractivity contribution in [2.45, 2.75) is 25.0 Å². The molecule has 132 valence electrons. The Morgan fingerprint density at radius 3 is 2.83 bits per heavy atom. The standard InChI is InChI=1S/C17H22ClN3O2.ClH/c18-13-1-2-15-12(9-13)10-16(23-15)17(22)21-6-3-14(11-21)20-7-4-19-5-8-20;/h1-2,9,14,16,19H,3-8,10-11H2;1H. The van der Waals surface area contributed by atoms with Crippen molar-refractivity contribution in [3.63, 3.8) is 0 Å². The Bertz CT molecular complexity index is 607. The molecule has 3 aliphatic rings. The van der Waals surface area contributed by atoms with Crippen LogP contribution in [0, 0.1) is 0 Å². The van der Waals surface area contributed by atoms with E-state index in [2.05, 4.69) is 10.2 Å². The van der Waals surface area contributed by atoms with Crippen LogP contribution in [0.25, 0.3) is 0 Å². The first-order valence-corrected chi connectivity index (χ1v) is 8.77. The molecule has 1 N–H and O–H groups in total. The molecule has 2 fully saturated rings. The molecule has 2 saturated heterocycles. The first-order valence-electron chi connectivity index (χ1n) is 8.39. The van der Waals surface area contributed by atoms with Crippen molar-refractivity contribution in [2.75, 3.05) is 39.3 Å². The highest BCUT2D eigenvalue weighted by atomic mass is 35.5. The van der Waals surface area contributed by atoms with Crippen molar-refractivity contribution in [2.24, 2.45) is 0 Å². The molecule has 2 atom stereocenters. The van der Waals surface area contributed by atoms with Gasteiger partial charge < -0.3 is 15.0 Å². The van der Waals surface area contributed by atoms with Crippen LogP contribution >= 0.6 is 24.0 Å². The number of nitrogens with one attached hydrogen (secondary N) is 1. The highest BCUT2D eigenvalue weighted by molar-refractivity contribution is 6.30. The zero-order valence-electron chi connectivity index (χ0n) is 13.5. The van der Waals surface area contributed by atoms with Crippen molar-refractivity contribution >= 4 is 29.9 Å². The van der Waals surface area contributed by atoms with E-state index in [1.165, 1.54) is 0 Å². The smallest absolute Gasteiger partial charge is 0.264 e. The maximum Gasteiger partial charge on any atom is 0.264 e. The van der Waals surface area contributed by atoms with Gasteiger partial charge >= 0.3 is 0 Å². The third-order valence-corrected chi connectivity index (χ3v) is 5.35. The Hall–Kier alpha value is -1.01. The lowest BCUT2D eigenvalue weighted by molar-refractivity contribution is -0.137. The van der Waals surface area contributed by atoms with Gasteiger partial charge in [0, 0.05) is 56.8 Å². The molecule has 3 aliphatic heterocycles. The molecular weight excluding hydrogens is 349 g/mol. The molecule has 0 saturated carbocycles. The summed E-state index contributed by atoms with van der Waals surface area (Å²) in [6.45, 7) is 5.92. The third kappa shape index (κ3) is 3.49. The lowest BCUT2D eigenvalue weighted by Gasteiger charge is -2.32. The van der Waals surface area contributed by atoms with Crippen LogP contribution in [0.15, 0.2) is 18.2 Å². The molecule has 1 amide bonds. The summed E-state index contributed by atoms with van der Waals surface area (Å²) in [6, 6.07) is 6.07. The topological polar surface area (TPSA) is 44.8 Å². The summed E-state index contributed by atoms with van der Waals surface area (Å²) >= 11 is 6.02. The minimum atomic E-state index is -0.384. The van der Waals surface area contributed by atoms with E-state index in [1.807, 2.05) is 23.1 Å². The summed E-state index contributed by atoms with van der Waals surface area (Å²) in [4.78, 5) is 17.3. The first kappa shape index (κ1) is 17.8. The average Bonchev–Trinajstić information content (AvgIpc) is 3.21. The Balaban J connectivity index is 0.00000169. The summed E-state index contributed by atoms with van der Waals surface area (Å²) in [5.41, 5.74) is 1.04. The van der Waals surface area contributed by atoms with Crippen molar-refractivity contribution in [3.8, 4) is 5.75 Å². The van der Waals surface area contributed by atoms with Crippen LogP contribution < -0.4 is 10.1 Å². The number of piperazine rings is 1. The third-order valence-electron chi connectivity index (χ3n) is 5.12. The Labute approximate surface area is 153 Å². The van der Waals surface area contributed by atoms with Crippen molar-refractivity contribution < 1.29 is 9.53 Å². The predicted molar refractivity (Wildman–Crippen MR) is 96.2 cm³/mol. The van der Waals surface area contributed by atoms with E-state index in [4.69, 9.17) is 16.3 Å². The number of amides is 1. The summed E-state index contributed by atoms with van der Waals surface area (Å²) in [5.74, 6) is 0.917. The number of benzene rings is 1. The summed E-state index contributed by atoms with van der Waals surface area (Å²) in [7, 11) is 0. The molecule has 5 nitrogen and oxygen atoms in total. The van der Waals surface area contributed by atoms with Gasteiger partial charge in [-0.3, -0.25) is 9.69 Å². The average molecular weight is 372 g/mol. The molecule has 3 heterocycles. The number of likely N-dealkylation sites (tertiary alicyclic amines) is 1. The van der Waals surface area contributed by atoms with Gasteiger partial charge in [-0.05, 0) is 30.2 Å². The van der Waals surface area contributed by atoms with Crippen LogP contribution in [0.3, 0.4) is 0 Å². The molecule has 1 aromatic carbocycles. The van der Waals surface area contributed by atoms with E-state index in [1.54, 1.807) is 0 Å². The molecule has 7 heteroatoms. The largest absolute Gasteiger partial charge is 0.480 e. The highest BCUT2D eigenvalue weighted by Gasteiger charge is 2.37. The molecule has 4 rings (SSSR count). The minimum Gasteiger partial charge on any atom is -0.480 e. The van der Waals surface area contributed by atoms with Gasteiger partial charge in [0.1, 0.15) is 5.75 Å². The zero-order chi connectivity index (χ0) is 15.8. The number of carbonyl (C=O) groups excluding carboxylic acids is 1. The van der Waals surface area contributed by atoms with Gasteiger partial charge in [-0.1, -0.05) is 11.6 Å². The maximum absolute atomic E-state index is 12.8. The van der Waals surface area contributed by atoms with E-state index in [-0.39, 0.29) is 24.4 Å². The van der Waals surface area contributed by atoms with Gasteiger partial charge in [-0.25, -0.2) is 0 Å². The van der Waals surface area contributed by atoms with Crippen LogP contribution in [-0.4, -0.2) is 67.1 Å². The van der Waals surface area contributed by atoms with Crippen molar-refractivity contribution in [1.82, 2.24) is 15.1 Å². The molecule has 0 spiro atoms. The number of carbonyl (C=O) groups is 1. The number of fused-ring (bicyclic) bond motifs is 1. The Kier molecular flexibility index (Phi) is 5.55. The molecule has 24 heavy (non-hydrogen) atoms. The first-order chi connectivity index (χ1) is 11.2. The van der Waals surface area contributed by atoms with Gasteiger partial charge in [0.2, 0.25) is 0 Å². The van der Waals surface area contributed by atoms with Crippen LogP contribution in [0.1, 0.15) is 12.0 Å². The monoisotopic (exact) mass is 371 g/mol. The second-order valence-electron chi connectivity index (χ2n) is 6.58. The second kappa shape index (κ2) is 7.48. The molecule has 0 aliphatic carbocycles. The summed E-state index contributed by atoms with van der Waals surface area (Å²) < 4.78 is 5.84. The highest BCUT2D eigenvalue weighted by Crippen LogP contribution is 2.32. The van der Waals surface area contributed by atoms with Crippen LogP contribution in [-0.2, 0) is 11.2 Å². The van der Waals surface area contributed by atoms with E-state index in [9.17, 15) is 4.79 Å². The molecule has 2 unspecified atom stereocenters. The molecule has 0 aromatic heterocycles. The number of nitrogens with zero attached hydrogens (tertiary/aromatic N) is 2. The van der Waals surface area contributed by atoms with Gasteiger partial charge in [0.25, 0.3) is 5.91 Å². The minimum absolute atomic E-state index is 0. The fourth-order valence-corrected chi connectivity index (χ4v) is 4.04. The quantitative estimate of drug-likeness (QED) is 0.856. The number of hydrogen-bond donors (Lipinski definition) is 1. The molecular formula is C17H23Cl2N3O2.